The molecule has 9 heteroatoms. The summed E-state index contributed by atoms with van der Waals surface area (Å²) in [7, 11) is 0. The molecule has 4 rings (SSSR count). The van der Waals surface area contributed by atoms with Crippen LogP contribution in [0.3, 0.4) is 0 Å². The SMILES string of the molecule is Cc1ccc(N2C(=O)/C(=C/c3cc(Br)c(N4CCOCC4)o3)C(=O)NC2=S)c(C)c1. The molecule has 0 bridgehead atoms. The lowest BCUT2D eigenvalue weighted by Gasteiger charge is -2.30. The summed E-state index contributed by atoms with van der Waals surface area (Å²) < 4.78 is 12.0. The van der Waals surface area contributed by atoms with Crippen molar-refractivity contribution in [2.45, 2.75) is 13.8 Å². The zero-order valence-corrected chi connectivity index (χ0v) is 18.9. The number of carbonyl (C=O) groups is 2. The molecule has 1 N–H and O–H groups in total. The lowest BCUT2D eigenvalue weighted by molar-refractivity contribution is -0.122. The van der Waals surface area contributed by atoms with Gasteiger partial charge in [0.25, 0.3) is 11.8 Å². The molecule has 0 unspecified atom stereocenters. The smallest absolute Gasteiger partial charge is 0.270 e. The summed E-state index contributed by atoms with van der Waals surface area (Å²) in [5.74, 6) is 0.00782. The highest BCUT2D eigenvalue weighted by Gasteiger charge is 2.35. The van der Waals surface area contributed by atoms with Crippen LogP contribution in [0.15, 0.2) is 38.7 Å². The summed E-state index contributed by atoms with van der Waals surface area (Å²) in [4.78, 5) is 29.1. The van der Waals surface area contributed by atoms with Crippen molar-refractivity contribution < 1.29 is 18.7 Å². The Morgan fingerprint density at radius 1 is 1.17 bits per heavy atom. The van der Waals surface area contributed by atoms with Gasteiger partial charge in [-0.05, 0) is 59.7 Å². The van der Waals surface area contributed by atoms with Gasteiger partial charge in [0.05, 0.1) is 23.4 Å². The number of amides is 2. The molecule has 1 aromatic heterocycles. The van der Waals surface area contributed by atoms with E-state index in [-0.39, 0.29) is 10.7 Å². The van der Waals surface area contributed by atoms with E-state index in [1.165, 1.54) is 11.0 Å². The van der Waals surface area contributed by atoms with Crippen LogP contribution in [-0.4, -0.2) is 43.2 Å². The lowest BCUT2D eigenvalue weighted by atomic mass is 10.1. The predicted octanol–water partition coefficient (Wildman–Crippen LogP) is 3.33. The summed E-state index contributed by atoms with van der Waals surface area (Å²) in [5, 5.41) is 2.66. The van der Waals surface area contributed by atoms with Gasteiger partial charge in [0.2, 0.25) is 5.88 Å². The number of nitrogens with zero attached hydrogens (tertiary/aromatic N) is 2. The van der Waals surface area contributed by atoms with Crippen LogP contribution in [0.5, 0.6) is 0 Å². The number of thiocarbonyl (C=S) groups is 1. The summed E-state index contributed by atoms with van der Waals surface area (Å²) in [6, 6.07) is 7.43. The summed E-state index contributed by atoms with van der Waals surface area (Å²) in [6.45, 7) is 6.52. The normalized spacial score (nSPS) is 18.9. The maximum atomic E-state index is 13.2. The van der Waals surface area contributed by atoms with Crippen LogP contribution in [0.4, 0.5) is 11.6 Å². The number of aryl methyl sites for hydroxylation is 2. The molecule has 0 spiro atoms. The number of ether oxygens (including phenoxy) is 1. The second-order valence-electron chi connectivity index (χ2n) is 7.15. The highest BCUT2D eigenvalue weighted by Crippen LogP contribution is 2.33. The Morgan fingerprint density at radius 2 is 1.90 bits per heavy atom. The second-order valence-corrected chi connectivity index (χ2v) is 8.39. The molecule has 30 heavy (non-hydrogen) atoms. The van der Waals surface area contributed by atoms with E-state index in [1.807, 2.05) is 32.0 Å². The number of furan rings is 1. The van der Waals surface area contributed by atoms with Crippen molar-refractivity contribution >= 4 is 62.7 Å². The van der Waals surface area contributed by atoms with Crippen LogP contribution < -0.4 is 15.1 Å². The first-order valence-electron chi connectivity index (χ1n) is 9.46. The largest absolute Gasteiger partial charge is 0.440 e. The molecule has 0 aliphatic carbocycles. The molecule has 1 aromatic carbocycles. The summed E-state index contributed by atoms with van der Waals surface area (Å²) in [5.41, 5.74) is 2.55. The highest BCUT2D eigenvalue weighted by atomic mass is 79.9. The molecular weight excluding hydrogens is 470 g/mol. The van der Waals surface area contributed by atoms with E-state index >= 15 is 0 Å². The van der Waals surface area contributed by atoms with Crippen molar-refractivity contribution in [3.63, 3.8) is 0 Å². The van der Waals surface area contributed by atoms with E-state index in [0.29, 0.717) is 43.6 Å². The van der Waals surface area contributed by atoms with E-state index in [0.717, 1.165) is 15.6 Å². The maximum Gasteiger partial charge on any atom is 0.270 e. The third kappa shape index (κ3) is 3.92. The Kier molecular flexibility index (Phi) is 5.77. The van der Waals surface area contributed by atoms with Crippen molar-refractivity contribution in [2.75, 3.05) is 36.1 Å². The number of carbonyl (C=O) groups excluding carboxylic acids is 2. The molecule has 2 amide bonds. The van der Waals surface area contributed by atoms with Gasteiger partial charge in [-0.3, -0.25) is 19.8 Å². The van der Waals surface area contributed by atoms with Crippen LogP contribution in [0.1, 0.15) is 16.9 Å². The Hall–Kier alpha value is -2.49. The molecule has 2 aromatic rings. The third-order valence-corrected chi connectivity index (χ3v) is 5.82. The Balaban J connectivity index is 1.68. The van der Waals surface area contributed by atoms with Crippen molar-refractivity contribution in [3.05, 3.63) is 51.2 Å². The summed E-state index contributed by atoms with van der Waals surface area (Å²) >= 11 is 8.78. The van der Waals surface area contributed by atoms with Crippen LogP contribution in [-0.2, 0) is 14.3 Å². The van der Waals surface area contributed by atoms with Gasteiger partial charge < -0.3 is 14.1 Å². The second kappa shape index (κ2) is 8.33. The van der Waals surface area contributed by atoms with Crippen molar-refractivity contribution in [1.29, 1.82) is 0 Å². The minimum absolute atomic E-state index is 0.0432. The van der Waals surface area contributed by atoms with E-state index in [2.05, 4.69) is 26.1 Å². The Bertz CT molecular complexity index is 1070. The molecule has 2 aliphatic heterocycles. The van der Waals surface area contributed by atoms with Gasteiger partial charge >= 0.3 is 0 Å². The minimum atomic E-state index is -0.550. The number of benzene rings is 1. The Labute approximate surface area is 187 Å². The number of rotatable bonds is 3. The molecule has 7 nitrogen and oxygen atoms in total. The molecule has 0 saturated carbocycles. The first-order valence-corrected chi connectivity index (χ1v) is 10.7. The van der Waals surface area contributed by atoms with Gasteiger partial charge in [-0.25, -0.2) is 0 Å². The third-order valence-electron chi connectivity index (χ3n) is 4.97. The van der Waals surface area contributed by atoms with E-state index in [9.17, 15) is 9.59 Å². The van der Waals surface area contributed by atoms with Gasteiger partial charge in [-0.15, -0.1) is 0 Å². The number of anilines is 2. The molecule has 0 atom stereocenters. The first-order chi connectivity index (χ1) is 14.3. The lowest BCUT2D eigenvalue weighted by Crippen LogP contribution is -2.54. The quantitative estimate of drug-likeness (QED) is 0.404. The fourth-order valence-electron chi connectivity index (χ4n) is 3.50. The topological polar surface area (TPSA) is 75.0 Å². The minimum Gasteiger partial charge on any atom is -0.440 e. The fourth-order valence-corrected chi connectivity index (χ4v) is 4.34. The average molecular weight is 490 g/mol. The van der Waals surface area contributed by atoms with Crippen molar-refractivity contribution in [3.8, 4) is 0 Å². The zero-order chi connectivity index (χ0) is 21.4. The van der Waals surface area contributed by atoms with Crippen LogP contribution in [0.2, 0.25) is 0 Å². The zero-order valence-electron chi connectivity index (χ0n) is 16.5. The number of nitrogens with one attached hydrogen (secondary N) is 1. The Morgan fingerprint density at radius 3 is 2.60 bits per heavy atom. The fraction of sp³-hybridized carbons (Fsp3) is 0.286. The number of morpholine rings is 1. The summed E-state index contributed by atoms with van der Waals surface area (Å²) in [6.07, 6.45) is 1.45. The van der Waals surface area contributed by atoms with Gasteiger partial charge in [-0.2, -0.15) is 0 Å². The molecule has 2 aliphatic rings. The van der Waals surface area contributed by atoms with Crippen LogP contribution in [0.25, 0.3) is 6.08 Å². The monoisotopic (exact) mass is 489 g/mol. The number of hydrogen-bond donors (Lipinski definition) is 1. The van der Waals surface area contributed by atoms with E-state index in [4.69, 9.17) is 21.4 Å². The molecule has 156 valence electrons. The standard InChI is InChI=1S/C21H20BrN3O4S/c1-12-3-4-17(13(2)9-12)25-19(27)15(18(26)23-21(25)30)10-14-11-16(22)20(29-14)24-5-7-28-8-6-24/h3-4,9-11H,5-8H2,1-2H3,(H,23,26,30)/b15-10+. The molecule has 3 heterocycles. The van der Waals surface area contributed by atoms with Gasteiger partial charge in [0.15, 0.2) is 5.11 Å². The van der Waals surface area contributed by atoms with Crippen molar-refractivity contribution in [2.24, 2.45) is 0 Å². The van der Waals surface area contributed by atoms with Crippen molar-refractivity contribution in [1.82, 2.24) is 5.32 Å². The van der Waals surface area contributed by atoms with Crippen LogP contribution >= 0.6 is 28.1 Å². The predicted molar refractivity (Wildman–Crippen MR) is 122 cm³/mol. The van der Waals surface area contributed by atoms with Gasteiger partial charge in [0, 0.05) is 19.2 Å². The van der Waals surface area contributed by atoms with Gasteiger partial charge in [0.1, 0.15) is 11.3 Å². The van der Waals surface area contributed by atoms with Crippen LogP contribution in [0, 0.1) is 13.8 Å². The molecule has 0 radical (unpaired) electrons. The number of halogens is 1. The van der Waals surface area contributed by atoms with Gasteiger partial charge in [-0.1, -0.05) is 17.7 Å². The average Bonchev–Trinajstić information content (AvgIpc) is 3.07. The van der Waals surface area contributed by atoms with E-state index < -0.39 is 11.8 Å². The molecule has 2 fully saturated rings. The maximum absolute atomic E-state index is 13.2. The van der Waals surface area contributed by atoms with E-state index in [1.54, 1.807) is 6.07 Å². The first kappa shape index (κ1) is 20.8. The number of hydrogen-bond acceptors (Lipinski definition) is 6. The molecular formula is C21H20BrN3O4S. The highest BCUT2D eigenvalue weighted by molar-refractivity contribution is 9.10. The molecule has 2 saturated heterocycles.